The second-order valence-corrected chi connectivity index (χ2v) is 6.14. The molecule has 3 nitrogen and oxygen atoms in total. The lowest BCUT2D eigenvalue weighted by Gasteiger charge is -2.24. The fraction of sp³-hybridized carbons (Fsp3) is 0.600. The summed E-state index contributed by atoms with van der Waals surface area (Å²) in [5, 5.41) is 10.4. The minimum atomic E-state index is -0.450. The van der Waals surface area contributed by atoms with Crippen molar-refractivity contribution in [1.29, 1.82) is 0 Å². The van der Waals surface area contributed by atoms with Crippen LogP contribution >= 0.6 is 11.8 Å². The zero-order valence-corrected chi connectivity index (χ0v) is 12.4. The Bertz CT molecular complexity index is 402. The molecule has 0 spiro atoms. The summed E-state index contributed by atoms with van der Waals surface area (Å²) in [7, 11) is 3.26. The molecule has 1 aromatic carbocycles. The van der Waals surface area contributed by atoms with Crippen molar-refractivity contribution in [3.63, 3.8) is 0 Å². The molecule has 106 valence electrons. The predicted molar refractivity (Wildman–Crippen MR) is 79.2 cm³/mol. The van der Waals surface area contributed by atoms with E-state index in [1.807, 2.05) is 30.0 Å². The molecule has 1 saturated heterocycles. The third kappa shape index (κ3) is 3.80. The van der Waals surface area contributed by atoms with Gasteiger partial charge in [-0.15, -0.1) is 0 Å². The molecule has 19 heavy (non-hydrogen) atoms. The molecule has 1 N–H and O–H groups in total. The second kappa shape index (κ2) is 7.06. The minimum Gasteiger partial charge on any atom is -0.497 e. The molecule has 0 aromatic heterocycles. The molecule has 0 aliphatic carbocycles. The summed E-state index contributed by atoms with van der Waals surface area (Å²) < 4.78 is 10.5. The number of aliphatic hydroxyl groups is 1. The smallest absolute Gasteiger partial charge is 0.128 e. The molecule has 1 aliphatic heterocycles. The molecule has 1 fully saturated rings. The van der Waals surface area contributed by atoms with Crippen molar-refractivity contribution in [1.82, 2.24) is 0 Å². The lowest BCUT2D eigenvalue weighted by Crippen LogP contribution is -2.14. The molecule has 4 heteroatoms. The summed E-state index contributed by atoms with van der Waals surface area (Å²) in [6.45, 7) is 0. The third-order valence-electron chi connectivity index (χ3n) is 3.70. The van der Waals surface area contributed by atoms with Crippen molar-refractivity contribution in [3.05, 3.63) is 23.8 Å². The first-order valence-corrected chi connectivity index (χ1v) is 7.87. The van der Waals surface area contributed by atoms with E-state index in [0.717, 1.165) is 17.7 Å². The monoisotopic (exact) mass is 282 g/mol. The van der Waals surface area contributed by atoms with Gasteiger partial charge >= 0.3 is 0 Å². The molecule has 0 bridgehead atoms. The number of thioether (sulfide) groups is 1. The highest BCUT2D eigenvalue weighted by molar-refractivity contribution is 7.99. The first-order chi connectivity index (χ1) is 9.24. The fourth-order valence-electron chi connectivity index (χ4n) is 2.52. The van der Waals surface area contributed by atoms with Crippen LogP contribution in [-0.2, 0) is 0 Å². The van der Waals surface area contributed by atoms with Crippen LogP contribution < -0.4 is 9.47 Å². The Labute approximate surface area is 119 Å². The molecule has 1 aliphatic rings. The lowest BCUT2D eigenvalue weighted by atomic mass is 9.92. The number of aliphatic hydroxyl groups excluding tert-OH is 1. The van der Waals surface area contributed by atoms with Crippen LogP contribution in [0.1, 0.15) is 30.9 Å². The van der Waals surface area contributed by atoms with E-state index in [0.29, 0.717) is 11.7 Å². The molecule has 0 amide bonds. The largest absolute Gasteiger partial charge is 0.497 e. The molecular formula is C15H22O3S. The van der Waals surface area contributed by atoms with Crippen LogP contribution in [0.25, 0.3) is 0 Å². The summed E-state index contributed by atoms with van der Waals surface area (Å²) in [5.74, 6) is 4.52. The second-order valence-electron chi connectivity index (χ2n) is 4.92. The standard InChI is InChI=1S/C15H22O3S/c1-17-12-3-4-13(15(10-12)18-2)14(16)9-11-5-7-19-8-6-11/h3-4,10-11,14,16H,5-9H2,1-2H3. The Balaban J connectivity index is 2.06. The van der Waals surface area contributed by atoms with Gasteiger partial charge in [-0.25, -0.2) is 0 Å². The Hall–Kier alpha value is -0.870. The SMILES string of the molecule is COc1ccc(C(O)CC2CCSCC2)c(OC)c1. The average molecular weight is 282 g/mol. The normalized spacial score (nSPS) is 18.1. The van der Waals surface area contributed by atoms with E-state index in [4.69, 9.17) is 9.47 Å². The van der Waals surface area contributed by atoms with Gasteiger partial charge in [-0.05, 0) is 48.8 Å². The van der Waals surface area contributed by atoms with Crippen LogP contribution in [0, 0.1) is 5.92 Å². The topological polar surface area (TPSA) is 38.7 Å². The van der Waals surface area contributed by atoms with Crippen molar-refractivity contribution in [2.45, 2.75) is 25.4 Å². The molecular weight excluding hydrogens is 260 g/mol. The Morgan fingerprint density at radius 2 is 2.00 bits per heavy atom. The van der Waals surface area contributed by atoms with Crippen molar-refractivity contribution in [2.24, 2.45) is 5.92 Å². The van der Waals surface area contributed by atoms with Gasteiger partial charge in [0.1, 0.15) is 11.5 Å². The van der Waals surface area contributed by atoms with Crippen molar-refractivity contribution in [3.8, 4) is 11.5 Å². The highest BCUT2D eigenvalue weighted by atomic mass is 32.2. The number of hydrogen-bond acceptors (Lipinski definition) is 4. The number of methoxy groups -OCH3 is 2. The van der Waals surface area contributed by atoms with Gasteiger partial charge in [0.25, 0.3) is 0 Å². The maximum Gasteiger partial charge on any atom is 0.128 e. The zero-order chi connectivity index (χ0) is 13.7. The van der Waals surface area contributed by atoms with Crippen LogP contribution in [0.15, 0.2) is 18.2 Å². The quantitative estimate of drug-likeness (QED) is 0.899. The van der Waals surface area contributed by atoms with Gasteiger partial charge < -0.3 is 14.6 Å². The maximum absolute atomic E-state index is 10.4. The predicted octanol–water partition coefficient (Wildman–Crippen LogP) is 3.27. The highest BCUT2D eigenvalue weighted by Crippen LogP contribution is 2.35. The van der Waals surface area contributed by atoms with E-state index >= 15 is 0 Å². The van der Waals surface area contributed by atoms with Gasteiger partial charge in [-0.1, -0.05) is 0 Å². The van der Waals surface area contributed by atoms with Crippen LogP contribution in [0.2, 0.25) is 0 Å². The van der Waals surface area contributed by atoms with Crippen LogP contribution in [0.3, 0.4) is 0 Å². The number of ether oxygens (including phenoxy) is 2. The molecule has 1 aromatic rings. The molecule has 1 unspecified atom stereocenters. The molecule has 1 heterocycles. The summed E-state index contributed by atoms with van der Waals surface area (Å²) in [6, 6.07) is 5.60. The van der Waals surface area contributed by atoms with E-state index in [9.17, 15) is 5.11 Å². The van der Waals surface area contributed by atoms with E-state index in [1.54, 1.807) is 14.2 Å². The van der Waals surface area contributed by atoms with Crippen molar-refractivity contribution >= 4 is 11.8 Å². The van der Waals surface area contributed by atoms with Gasteiger partial charge in [-0.2, -0.15) is 11.8 Å². The first kappa shape index (κ1) is 14.5. The first-order valence-electron chi connectivity index (χ1n) is 6.72. The summed E-state index contributed by atoms with van der Waals surface area (Å²) in [5.41, 5.74) is 0.863. The van der Waals surface area contributed by atoms with Gasteiger partial charge in [-0.3, -0.25) is 0 Å². The fourth-order valence-corrected chi connectivity index (χ4v) is 3.72. The average Bonchev–Trinajstić information content (AvgIpc) is 2.47. The minimum absolute atomic E-state index is 0.450. The van der Waals surface area contributed by atoms with Gasteiger partial charge in [0, 0.05) is 11.6 Å². The maximum atomic E-state index is 10.4. The van der Waals surface area contributed by atoms with E-state index in [-0.39, 0.29) is 0 Å². The van der Waals surface area contributed by atoms with E-state index in [2.05, 4.69) is 0 Å². The molecule has 2 rings (SSSR count). The van der Waals surface area contributed by atoms with E-state index in [1.165, 1.54) is 24.3 Å². The summed E-state index contributed by atoms with van der Waals surface area (Å²) in [6.07, 6.45) is 2.79. The molecule has 1 atom stereocenters. The van der Waals surface area contributed by atoms with Crippen LogP contribution in [-0.4, -0.2) is 30.8 Å². The van der Waals surface area contributed by atoms with Gasteiger partial charge in [0.2, 0.25) is 0 Å². The number of rotatable bonds is 5. The van der Waals surface area contributed by atoms with Gasteiger partial charge in [0.15, 0.2) is 0 Å². The lowest BCUT2D eigenvalue weighted by molar-refractivity contribution is 0.137. The Morgan fingerprint density at radius 3 is 2.63 bits per heavy atom. The Morgan fingerprint density at radius 1 is 1.26 bits per heavy atom. The molecule has 0 saturated carbocycles. The third-order valence-corrected chi connectivity index (χ3v) is 4.75. The van der Waals surface area contributed by atoms with Gasteiger partial charge in [0.05, 0.1) is 20.3 Å². The Kier molecular flexibility index (Phi) is 5.40. The van der Waals surface area contributed by atoms with Crippen LogP contribution in [0.5, 0.6) is 11.5 Å². The highest BCUT2D eigenvalue weighted by Gasteiger charge is 2.21. The van der Waals surface area contributed by atoms with Crippen molar-refractivity contribution in [2.75, 3.05) is 25.7 Å². The van der Waals surface area contributed by atoms with Crippen molar-refractivity contribution < 1.29 is 14.6 Å². The zero-order valence-electron chi connectivity index (χ0n) is 11.6. The summed E-state index contributed by atoms with van der Waals surface area (Å²) in [4.78, 5) is 0. The summed E-state index contributed by atoms with van der Waals surface area (Å²) >= 11 is 2.01. The number of hydrogen-bond donors (Lipinski definition) is 1. The van der Waals surface area contributed by atoms with E-state index < -0.39 is 6.10 Å². The number of benzene rings is 1. The van der Waals surface area contributed by atoms with Crippen LogP contribution in [0.4, 0.5) is 0 Å². The molecule has 0 radical (unpaired) electrons.